The number of benzene rings is 1. The van der Waals surface area contributed by atoms with Crippen LogP contribution in [-0.2, 0) is 4.79 Å². The third kappa shape index (κ3) is 2.52. The summed E-state index contributed by atoms with van der Waals surface area (Å²) in [4.78, 5) is 15.5. The molecule has 1 aromatic heterocycles. The van der Waals surface area contributed by atoms with E-state index in [2.05, 4.69) is 4.98 Å². The van der Waals surface area contributed by atoms with Gasteiger partial charge in [0.05, 0.1) is 16.0 Å². The molecule has 0 fully saturated rings. The topological polar surface area (TPSA) is 53.4 Å². The zero-order valence-corrected chi connectivity index (χ0v) is 10.2. The maximum absolute atomic E-state index is 11.2. The van der Waals surface area contributed by atoms with Gasteiger partial charge in [0.2, 0.25) is 0 Å². The summed E-state index contributed by atoms with van der Waals surface area (Å²) >= 11 is 2.89. The number of carbonyl (C=O) groups excluding carboxylic acids is 1. The molecule has 0 spiro atoms. The number of aromatic nitrogens is 1. The summed E-state index contributed by atoms with van der Waals surface area (Å²) < 4.78 is 1.95. The third-order valence-corrected chi connectivity index (χ3v) is 4.12. The first-order valence-electron chi connectivity index (χ1n) is 4.60. The summed E-state index contributed by atoms with van der Waals surface area (Å²) in [5.74, 6) is -0.128. The number of nitrogens with zero attached hydrogens (tertiary/aromatic N) is 2. The van der Waals surface area contributed by atoms with Gasteiger partial charge in [-0.3, -0.25) is 10.0 Å². The van der Waals surface area contributed by atoms with Gasteiger partial charge in [-0.05, 0) is 12.1 Å². The molecule has 2 rings (SSSR count). The predicted molar refractivity (Wildman–Crippen MR) is 64.9 cm³/mol. The predicted octanol–water partition coefficient (Wildman–Crippen LogP) is 2.24. The number of hydrogen-bond donors (Lipinski definition) is 1. The molecule has 84 valence electrons. The van der Waals surface area contributed by atoms with Crippen molar-refractivity contribution in [2.75, 3.05) is 12.8 Å². The molecule has 0 atom stereocenters. The lowest BCUT2D eigenvalue weighted by molar-refractivity contribution is -0.155. The molecule has 0 saturated carbocycles. The fraction of sp³-hybridized carbons (Fsp3) is 0.200. The SMILES string of the molecule is CN(O)C(=O)CSc1nc2ccccc2s1. The summed E-state index contributed by atoms with van der Waals surface area (Å²) in [5.41, 5.74) is 0.944. The zero-order valence-electron chi connectivity index (χ0n) is 8.58. The molecule has 0 saturated heterocycles. The van der Waals surface area contributed by atoms with Crippen molar-refractivity contribution >= 4 is 39.2 Å². The van der Waals surface area contributed by atoms with Gasteiger partial charge in [0.15, 0.2) is 4.34 Å². The van der Waals surface area contributed by atoms with Gasteiger partial charge >= 0.3 is 0 Å². The summed E-state index contributed by atoms with van der Waals surface area (Å²) in [5, 5.41) is 9.49. The van der Waals surface area contributed by atoms with E-state index in [0.29, 0.717) is 5.06 Å². The van der Waals surface area contributed by atoms with E-state index in [1.807, 2.05) is 24.3 Å². The second-order valence-corrected chi connectivity index (χ2v) is 5.41. The quantitative estimate of drug-likeness (QED) is 0.518. The molecule has 0 unspecified atom stereocenters. The lowest BCUT2D eigenvalue weighted by Gasteiger charge is -2.05. The van der Waals surface area contributed by atoms with Gasteiger partial charge in [-0.1, -0.05) is 23.9 Å². The van der Waals surface area contributed by atoms with E-state index < -0.39 is 0 Å². The first-order chi connectivity index (χ1) is 7.66. The Balaban J connectivity index is 2.07. The monoisotopic (exact) mass is 254 g/mol. The molecule has 0 radical (unpaired) electrons. The Labute approximate surface area is 101 Å². The van der Waals surface area contributed by atoms with Gasteiger partial charge in [-0.15, -0.1) is 11.3 Å². The number of fused-ring (bicyclic) bond motifs is 1. The summed E-state index contributed by atoms with van der Waals surface area (Å²) in [6.07, 6.45) is 0. The second kappa shape index (κ2) is 4.82. The van der Waals surface area contributed by atoms with Crippen LogP contribution in [0, 0.1) is 0 Å². The summed E-state index contributed by atoms with van der Waals surface area (Å²) in [6, 6.07) is 7.83. The lowest BCUT2D eigenvalue weighted by atomic mass is 10.3. The average Bonchev–Trinajstić information content (AvgIpc) is 2.68. The standard InChI is InChI=1S/C10H10N2O2S2/c1-12(14)9(13)6-15-10-11-7-4-2-3-5-8(7)16-10/h2-5,14H,6H2,1H3. The highest BCUT2D eigenvalue weighted by Gasteiger charge is 2.09. The fourth-order valence-corrected chi connectivity index (χ4v) is 3.11. The van der Waals surface area contributed by atoms with Gasteiger partial charge in [0, 0.05) is 7.05 Å². The van der Waals surface area contributed by atoms with E-state index in [-0.39, 0.29) is 11.7 Å². The molecular formula is C10H10N2O2S2. The van der Waals surface area contributed by atoms with E-state index >= 15 is 0 Å². The molecule has 0 aliphatic rings. The number of hydrogen-bond acceptors (Lipinski definition) is 5. The Kier molecular flexibility index (Phi) is 3.42. The molecule has 6 heteroatoms. The Bertz CT molecular complexity index is 477. The smallest absolute Gasteiger partial charge is 0.256 e. The molecule has 1 aromatic carbocycles. The van der Waals surface area contributed by atoms with Crippen LogP contribution in [0.5, 0.6) is 0 Å². The summed E-state index contributed by atoms with van der Waals surface area (Å²) in [7, 11) is 1.32. The largest absolute Gasteiger partial charge is 0.286 e. The third-order valence-electron chi connectivity index (χ3n) is 1.95. The van der Waals surface area contributed by atoms with E-state index in [0.717, 1.165) is 14.6 Å². The number of rotatable bonds is 3. The van der Waals surface area contributed by atoms with Crippen LogP contribution in [0.4, 0.5) is 0 Å². The Morgan fingerprint density at radius 2 is 2.31 bits per heavy atom. The van der Waals surface area contributed by atoms with Crippen molar-refractivity contribution in [2.45, 2.75) is 4.34 Å². The van der Waals surface area contributed by atoms with Crippen LogP contribution in [0.15, 0.2) is 28.6 Å². The van der Waals surface area contributed by atoms with E-state index in [1.165, 1.54) is 18.8 Å². The van der Waals surface area contributed by atoms with Crippen LogP contribution in [0.1, 0.15) is 0 Å². The Hall–Kier alpha value is -1.11. The number of para-hydroxylation sites is 1. The molecule has 0 aliphatic carbocycles. The second-order valence-electron chi connectivity index (χ2n) is 3.15. The molecule has 4 nitrogen and oxygen atoms in total. The van der Waals surface area contributed by atoms with Gasteiger partial charge in [0.25, 0.3) is 5.91 Å². The van der Waals surface area contributed by atoms with Crippen molar-refractivity contribution in [3.05, 3.63) is 24.3 Å². The zero-order chi connectivity index (χ0) is 11.5. The van der Waals surface area contributed by atoms with E-state index in [4.69, 9.17) is 5.21 Å². The molecule has 0 bridgehead atoms. The number of thiazole rings is 1. The van der Waals surface area contributed by atoms with Crippen LogP contribution in [0.2, 0.25) is 0 Å². The lowest BCUT2D eigenvalue weighted by Crippen LogP contribution is -2.24. The molecule has 2 aromatic rings. The van der Waals surface area contributed by atoms with Gasteiger partial charge in [-0.2, -0.15) is 0 Å². The highest BCUT2D eigenvalue weighted by Crippen LogP contribution is 2.29. The van der Waals surface area contributed by atoms with Crippen molar-refractivity contribution in [3.8, 4) is 0 Å². The minimum absolute atomic E-state index is 0.201. The number of amides is 1. The summed E-state index contributed by atoms with van der Waals surface area (Å²) in [6.45, 7) is 0. The van der Waals surface area contributed by atoms with Crippen molar-refractivity contribution < 1.29 is 10.0 Å². The molecule has 0 aliphatic heterocycles. The van der Waals surface area contributed by atoms with Crippen LogP contribution in [0.25, 0.3) is 10.2 Å². The average molecular weight is 254 g/mol. The van der Waals surface area contributed by atoms with E-state index in [1.54, 1.807) is 11.3 Å². The highest BCUT2D eigenvalue weighted by molar-refractivity contribution is 8.01. The Morgan fingerprint density at radius 1 is 1.56 bits per heavy atom. The van der Waals surface area contributed by atoms with Gasteiger partial charge < -0.3 is 0 Å². The van der Waals surface area contributed by atoms with Crippen molar-refractivity contribution in [3.63, 3.8) is 0 Å². The van der Waals surface area contributed by atoms with Crippen molar-refractivity contribution in [2.24, 2.45) is 0 Å². The number of hydroxylamine groups is 2. The van der Waals surface area contributed by atoms with Crippen LogP contribution in [0.3, 0.4) is 0 Å². The van der Waals surface area contributed by atoms with Gasteiger partial charge in [-0.25, -0.2) is 10.0 Å². The molecular weight excluding hydrogens is 244 g/mol. The number of thioether (sulfide) groups is 1. The molecule has 16 heavy (non-hydrogen) atoms. The minimum atomic E-state index is -0.329. The molecule has 1 N–H and O–H groups in total. The first-order valence-corrected chi connectivity index (χ1v) is 6.41. The molecule has 1 amide bonds. The van der Waals surface area contributed by atoms with Gasteiger partial charge in [0.1, 0.15) is 0 Å². The van der Waals surface area contributed by atoms with Crippen LogP contribution < -0.4 is 0 Å². The maximum atomic E-state index is 11.2. The van der Waals surface area contributed by atoms with E-state index in [9.17, 15) is 4.79 Å². The fourth-order valence-electron chi connectivity index (χ4n) is 1.13. The van der Waals surface area contributed by atoms with Crippen LogP contribution in [-0.4, -0.2) is 34.0 Å². The first kappa shape index (κ1) is 11.4. The van der Waals surface area contributed by atoms with Crippen molar-refractivity contribution in [1.29, 1.82) is 0 Å². The van der Waals surface area contributed by atoms with Crippen LogP contribution >= 0.6 is 23.1 Å². The minimum Gasteiger partial charge on any atom is -0.286 e. The highest BCUT2D eigenvalue weighted by atomic mass is 32.2. The number of carbonyl (C=O) groups is 1. The Morgan fingerprint density at radius 3 is 3.00 bits per heavy atom. The molecule has 1 heterocycles. The normalized spacial score (nSPS) is 10.6. The maximum Gasteiger partial charge on any atom is 0.256 e. The van der Waals surface area contributed by atoms with Crippen molar-refractivity contribution in [1.82, 2.24) is 10.0 Å².